The van der Waals surface area contributed by atoms with E-state index in [2.05, 4.69) is 0 Å². The van der Waals surface area contributed by atoms with Gasteiger partial charge in [0.15, 0.2) is 0 Å². The summed E-state index contributed by atoms with van der Waals surface area (Å²) in [6.45, 7) is 0. The van der Waals surface area contributed by atoms with Gasteiger partial charge in [-0.3, -0.25) is 0 Å². The minimum absolute atomic E-state index is 0. The summed E-state index contributed by atoms with van der Waals surface area (Å²) in [5.41, 5.74) is 0. The molecular formula is BrCoMnMo. The Balaban J connectivity index is 0. The second-order valence-electron chi connectivity index (χ2n) is 0. The molecule has 0 saturated heterocycles. The van der Waals surface area contributed by atoms with Gasteiger partial charge in [-0.2, -0.15) is 0 Å². The topological polar surface area (TPSA) is 0 Å². The van der Waals surface area contributed by atoms with Gasteiger partial charge in [0.2, 0.25) is 0 Å². The SMILES string of the molecule is [Br].[Co].[Mn].[Mo]. The normalized spacial score (nSPS) is 0. The van der Waals surface area contributed by atoms with Crippen molar-refractivity contribution in [2.75, 3.05) is 0 Å². The quantitative estimate of drug-likeness (QED) is 0.580. The molecular weight excluding hydrogens is 290 g/mol. The van der Waals surface area contributed by atoms with E-state index in [1.165, 1.54) is 0 Å². The van der Waals surface area contributed by atoms with Crippen molar-refractivity contribution in [3.63, 3.8) is 0 Å². The first-order valence-electron chi connectivity index (χ1n) is 0. The molecule has 0 heterocycles. The fraction of sp³-hybridized carbons (Fsp3) is 0. The Morgan fingerprint density at radius 2 is 1.00 bits per heavy atom. The van der Waals surface area contributed by atoms with Crippen molar-refractivity contribution in [2.24, 2.45) is 0 Å². The zero-order valence-electron chi connectivity index (χ0n) is 1.50. The van der Waals surface area contributed by atoms with Crippen LogP contribution in [0.15, 0.2) is 0 Å². The molecule has 4 heavy (non-hydrogen) atoms. The smallest absolute Gasteiger partial charge is 0 e. The van der Waals surface area contributed by atoms with Gasteiger partial charge < -0.3 is 0 Å². The van der Waals surface area contributed by atoms with Crippen LogP contribution < -0.4 is 0 Å². The average Bonchev–Trinajstić information content (AvgIpc) is 0. The molecule has 0 aliphatic carbocycles. The number of hydrogen-bond acceptors (Lipinski definition) is 0. The Hall–Kier alpha value is 2.19. The Labute approximate surface area is 71.2 Å². The fourth-order valence-electron chi connectivity index (χ4n) is 0. The van der Waals surface area contributed by atoms with E-state index in [-0.39, 0.29) is 71.9 Å². The molecule has 3 radical (unpaired) electrons. The van der Waals surface area contributed by atoms with Crippen LogP contribution in [0.3, 0.4) is 0 Å². The number of rotatable bonds is 0. The first kappa shape index (κ1) is 34.7. The summed E-state index contributed by atoms with van der Waals surface area (Å²) < 4.78 is 0. The van der Waals surface area contributed by atoms with Crippen molar-refractivity contribution in [1.82, 2.24) is 0 Å². The van der Waals surface area contributed by atoms with Gasteiger partial charge in [0.1, 0.15) is 0 Å². The average molecular weight is 290 g/mol. The summed E-state index contributed by atoms with van der Waals surface area (Å²) in [6.07, 6.45) is 0. The molecule has 0 aliphatic rings. The summed E-state index contributed by atoms with van der Waals surface area (Å²) in [4.78, 5) is 0. The van der Waals surface area contributed by atoms with Crippen LogP contribution in [-0.4, -0.2) is 0 Å². The van der Waals surface area contributed by atoms with Crippen LogP contribution in [0, 0.1) is 0 Å². The summed E-state index contributed by atoms with van der Waals surface area (Å²) in [7, 11) is 0. The van der Waals surface area contributed by atoms with E-state index in [0.717, 1.165) is 0 Å². The second kappa shape index (κ2) is 19.0. The molecule has 0 aliphatic heterocycles. The van der Waals surface area contributed by atoms with Gasteiger partial charge in [-0.05, 0) is 0 Å². The molecule has 0 N–H and O–H groups in total. The maximum absolute atomic E-state index is 0. The number of halogens is 1. The molecule has 0 fully saturated rings. The van der Waals surface area contributed by atoms with Gasteiger partial charge in [0, 0.05) is 71.9 Å². The van der Waals surface area contributed by atoms with Gasteiger partial charge in [-0.1, -0.05) is 0 Å². The Bertz CT molecular complexity index is 8.00. The van der Waals surface area contributed by atoms with Crippen LogP contribution in [0.5, 0.6) is 0 Å². The second-order valence-corrected chi connectivity index (χ2v) is 0. The van der Waals surface area contributed by atoms with E-state index < -0.39 is 0 Å². The molecule has 29 valence electrons. The largest absolute Gasteiger partial charge is 0 e. The predicted molar refractivity (Wildman–Crippen MR) is 8.93 cm³/mol. The molecule has 0 nitrogen and oxygen atoms in total. The van der Waals surface area contributed by atoms with E-state index in [1.807, 2.05) is 0 Å². The van der Waals surface area contributed by atoms with E-state index in [0.29, 0.717) is 0 Å². The molecule has 4 heteroatoms. The van der Waals surface area contributed by atoms with Crippen molar-refractivity contribution < 1.29 is 54.9 Å². The van der Waals surface area contributed by atoms with Crippen molar-refractivity contribution in [2.45, 2.75) is 0 Å². The van der Waals surface area contributed by atoms with E-state index in [4.69, 9.17) is 0 Å². The molecule has 0 spiro atoms. The van der Waals surface area contributed by atoms with Crippen LogP contribution in [0.2, 0.25) is 0 Å². The molecule has 0 aromatic carbocycles. The van der Waals surface area contributed by atoms with Crippen molar-refractivity contribution >= 4 is 17.0 Å². The predicted octanol–water partition coefficient (Wildman–Crippen LogP) is 0.838. The maximum atomic E-state index is 0. The molecule has 0 rings (SSSR count). The molecule has 0 aromatic heterocycles. The van der Waals surface area contributed by atoms with Crippen LogP contribution in [-0.2, 0) is 54.9 Å². The standard InChI is InChI=1S/Br.Co.Mn.Mo. The third-order valence-electron chi connectivity index (χ3n) is 0. The van der Waals surface area contributed by atoms with Crippen molar-refractivity contribution in [3.8, 4) is 0 Å². The van der Waals surface area contributed by atoms with Gasteiger partial charge >= 0.3 is 0 Å². The van der Waals surface area contributed by atoms with Crippen LogP contribution in [0.4, 0.5) is 0 Å². The van der Waals surface area contributed by atoms with Crippen molar-refractivity contribution in [1.29, 1.82) is 0 Å². The molecule has 0 bridgehead atoms. The third kappa shape index (κ3) is 8.89. The zero-order valence-corrected chi connectivity index (χ0v) is 7.31. The monoisotopic (exact) mass is 291 g/mol. The van der Waals surface area contributed by atoms with Crippen LogP contribution in [0.25, 0.3) is 0 Å². The molecule has 0 atom stereocenters. The summed E-state index contributed by atoms with van der Waals surface area (Å²) >= 11 is 0. The maximum Gasteiger partial charge on any atom is 0 e. The van der Waals surface area contributed by atoms with Gasteiger partial charge in [-0.15, -0.1) is 0 Å². The van der Waals surface area contributed by atoms with Gasteiger partial charge in [-0.25, -0.2) is 0 Å². The third-order valence-corrected chi connectivity index (χ3v) is 0. The Morgan fingerprint density at radius 1 is 1.00 bits per heavy atom. The van der Waals surface area contributed by atoms with E-state index >= 15 is 0 Å². The molecule has 0 unspecified atom stereocenters. The molecule has 0 aromatic rings. The minimum atomic E-state index is 0. The van der Waals surface area contributed by atoms with Gasteiger partial charge in [0.05, 0.1) is 0 Å². The molecule has 0 amide bonds. The van der Waals surface area contributed by atoms with Crippen LogP contribution >= 0.6 is 17.0 Å². The fourth-order valence-corrected chi connectivity index (χ4v) is 0. The molecule has 0 saturated carbocycles. The minimum Gasteiger partial charge on any atom is 0 e. The van der Waals surface area contributed by atoms with Gasteiger partial charge in [0.25, 0.3) is 0 Å². The first-order valence-corrected chi connectivity index (χ1v) is 0. The Morgan fingerprint density at radius 3 is 1.00 bits per heavy atom. The van der Waals surface area contributed by atoms with Crippen LogP contribution in [0.1, 0.15) is 0 Å². The van der Waals surface area contributed by atoms with Crippen molar-refractivity contribution in [3.05, 3.63) is 0 Å². The summed E-state index contributed by atoms with van der Waals surface area (Å²) in [6, 6.07) is 0. The van der Waals surface area contributed by atoms with E-state index in [9.17, 15) is 0 Å². The zero-order chi connectivity index (χ0) is 0. The first-order chi connectivity index (χ1) is 0. The summed E-state index contributed by atoms with van der Waals surface area (Å²) in [5.74, 6) is 0. The number of hydrogen-bond donors (Lipinski definition) is 0. The van der Waals surface area contributed by atoms with E-state index in [1.54, 1.807) is 0 Å². The summed E-state index contributed by atoms with van der Waals surface area (Å²) in [5, 5.41) is 0. The Kier molecular flexibility index (Phi) is 165.